The molecular weight excluding hydrogens is 665 g/mol. The van der Waals surface area contributed by atoms with Crippen LogP contribution in [0.3, 0.4) is 0 Å². The van der Waals surface area contributed by atoms with E-state index in [2.05, 4.69) is 16.0 Å². The van der Waals surface area contributed by atoms with Gasteiger partial charge in [-0.25, -0.2) is 14.0 Å². The Balaban J connectivity index is 1.24. The molecule has 2 atom stereocenters. The lowest BCUT2D eigenvalue weighted by Gasteiger charge is -2.30. The summed E-state index contributed by atoms with van der Waals surface area (Å²) < 4.78 is 28.3. The molecule has 0 radical (unpaired) electrons. The maximum Gasteiger partial charge on any atom is 0.343 e. The number of anilines is 1. The predicted molar refractivity (Wildman–Crippen MR) is 190 cm³/mol. The van der Waals surface area contributed by atoms with Gasteiger partial charge in [-0.05, 0) is 73.4 Å². The number of nitrogens with zero attached hydrogens (tertiary/aromatic N) is 2. The van der Waals surface area contributed by atoms with Crippen LogP contribution in [-0.4, -0.2) is 79.1 Å². The first kappa shape index (κ1) is 36.8. The summed E-state index contributed by atoms with van der Waals surface area (Å²) in [5, 5.41) is 8.62. The molecule has 3 N–H and O–H groups in total. The van der Waals surface area contributed by atoms with E-state index in [1.165, 1.54) is 24.0 Å². The van der Waals surface area contributed by atoms with Gasteiger partial charge in [-0.1, -0.05) is 26.0 Å². The normalized spacial score (nSPS) is 15.7. The second-order valence-electron chi connectivity index (χ2n) is 13.0. The van der Waals surface area contributed by atoms with Crippen molar-refractivity contribution in [1.82, 2.24) is 20.5 Å². The second kappa shape index (κ2) is 17.0. The van der Waals surface area contributed by atoms with Crippen molar-refractivity contribution in [2.24, 2.45) is 5.92 Å². The summed E-state index contributed by atoms with van der Waals surface area (Å²) in [6.07, 6.45) is 6.42. The number of halogens is 1. The van der Waals surface area contributed by atoms with Crippen LogP contribution in [0, 0.1) is 11.7 Å². The molecule has 0 spiro atoms. The third-order valence-corrected chi connectivity index (χ3v) is 9.38. The maximum atomic E-state index is 15.3. The molecule has 14 heteroatoms. The molecule has 2 amide bonds. The lowest BCUT2D eigenvalue weighted by atomic mass is 10.0. The minimum atomic E-state index is -0.933. The first-order valence-electron chi connectivity index (χ1n) is 16.9. The van der Waals surface area contributed by atoms with Gasteiger partial charge in [0.25, 0.3) is 0 Å². The number of hydrogen-bond acceptors (Lipinski definition) is 10. The summed E-state index contributed by atoms with van der Waals surface area (Å²) in [7, 11) is 0. The fourth-order valence-electron chi connectivity index (χ4n) is 5.94. The van der Waals surface area contributed by atoms with Crippen molar-refractivity contribution < 1.29 is 33.0 Å². The Morgan fingerprint density at radius 3 is 2.46 bits per heavy atom. The molecule has 12 nitrogen and oxygen atoms in total. The van der Waals surface area contributed by atoms with Gasteiger partial charge in [0.05, 0.1) is 11.2 Å². The minimum absolute atomic E-state index is 0.0680. The van der Waals surface area contributed by atoms with Crippen LogP contribution in [0.1, 0.15) is 61.5 Å². The molecule has 50 heavy (non-hydrogen) atoms. The highest BCUT2D eigenvalue weighted by Gasteiger charge is 2.30. The van der Waals surface area contributed by atoms with Crippen LogP contribution in [0.25, 0.3) is 10.9 Å². The average molecular weight is 710 g/mol. The molecule has 2 heterocycles. The number of hydrogen-bond donors (Lipinski definition) is 3. The number of nitrogens with one attached hydrogen (secondary N) is 3. The number of aromatic nitrogens is 1. The monoisotopic (exact) mass is 709 g/mol. The molecule has 5 rings (SSSR count). The SMILES string of the molecule is CSCCC(NC=O)C(=O)NC(CC(C)C)C(=O)Oc1ccc(COC(=O)c2cn(C3CC3)c3cc(N4CCNCC4)c(F)cc3c2=O)cc1. The number of esters is 2. The number of amides is 2. The van der Waals surface area contributed by atoms with E-state index in [4.69, 9.17) is 9.47 Å². The zero-order chi connectivity index (χ0) is 35.8. The molecule has 2 aromatic carbocycles. The van der Waals surface area contributed by atoms with Crippen molar-refractivity contribution >= 4 is 52.6 Å². The Kier molecular flexibility index (Phi) is 12.5. The smallest absolute Gasteiger partial charge is 0.343 e. The van der Waals surface area contributed by atoms with Crippen molar-refractivity contribution in [3.63, 3.8) is 0 Å². The van der Waals surface area contributed by atoms with Gasteiger partial charge in [0.15, 0.2) is 0 Å². The van der Waals surface area contributed by atoms with E-state index >= 15 is 4.39 Å². The van der Waals surface area contributed by atoms with Crippen LogP contribution in [0.2, 0.25) is 0 Å². The lowest BCUT2D eigenvalue weighted by molar-refractivity contribution is -0.140. The van der Waals surface area contributed by atoms with Crippen LogP contribution >= 0.6 is 11.8 Å². The molecule has 1 aliphatic heterocycles. The number of pyridine rings is 1. The third-order valence-electron chi connectivity index (χ3n) is 8.73. The van der Waals surface area contributed by atoms with Crippen LogP contribution in [0.5, 0.6) is 5.75 Å². The number of carbonyl (C=O) groups is 4. The Morgan fingerprint density at radius 1 is 1.10 bits per heavy atom. The molecular formula is C36H44FN5O7S. The van der Waals surface area contributed by atoms with Crippen molar-refractivity contribution in [3.05, 3.63) is 69.8 Å². The summed E-state index contributed by atoms with van der Waals surface area (Å²) in [6.45, 7) is 6.47. The molecule has 2 fully saturated rings. The van der Waals surface area contributed by atoms with E-state index < -0.39 is 41.2 Å². The number of rotatable bonds is 16. The molecule has 3 aromatic rings. The Labute approximate surface area is 294 Å². The highest BCUT2D eigenvalue weighted by molar-refractivity contribution is 7.98. The van der Waals surface area contributed by atoms with Crippen LogP contribution in [0.15, 0.2) is 47.4 Å². The molecule has 0 bridgehead atoms. The third kappa shape index (κ3) is 9.21. The number of benzene rings is 2. The average Bonchev–Trinajstić information content (AvgIpc) is 3.95. The zero-order valence-corrected chi connectivity index (χ0v) is 29.4. The van der Waals surface area contributed by atoms with Gasteiger partial charge in [-0.2, -0.15) is 11.8 Å². The fraction of sp³-hybridized carbons (Fsp3) is 0.472. The topological polar surface area (TPSA) is 148 Å². The number of fused-ring (bicyclic) bond motifs is 1. The molecule has 2 aliphatic rings. The quantitative estimate of drug-likeness (QED) is 0.115. The first-order valence-corrected chi connectivity index (χ1v) is 18.3. The first-order chi connectivity index (χ1) is 24.1. The van der Waals surface area contributed by atoms with E-state index in [0.717, 1.165) is 25.9 Å². The van der Waals surface area contributed by atoms with Crippen molar-refractivity contribution in [2.45, 2.75) is 64.3 Å². The van der Waals surface area contributed by atoms with Crippen molar-refractivity contribution in [3.8, 4) is 5.75 Å². The van der Waals surface area contributed by atoms with Crippen molar-refractivity contribution in [2.75, 3.05) is 43.1 Å². The predicted octanol–water partition coefficient (Wildman–Crippen LogP) is 3.55. The highest BCUT2D eigenvalue weighted by Crippen LogP contribution is 2.38. The van der Waals surface area contributed by atoms with Gasteiger partial charge in [0.1, 0.15) is 35.8 Å². The van der Waals surface area contributed by atoms with E-state index in [1.807, 2.05) is 29.6 Å². The Morgan fingerprint density at radius 2 is 1.82 bits per heavy atom. The summed E-state index contributed by atoms with van der Waals surface area (Å²) >= 11 is 1.54. The van der Waals surface area contributed by atoms with Crippen LogP contribution in [-0.2, 0) is 25.7 Å². The van der Waals surface area contributed by atoms with Crippen LogP contribution < -0.4 is 31.0 Å². The molecule has 1 saturated heterocycles. The van der Waals surface area contributed by atoms with Gasteiger partial charge in [-0.3, -0.25) is 14.4 Å². The molecule has 1 saturated carbocycles. The Hall–Kier alpha value is -4.43. The van der Waals surface area contributed by atoms with Crippen molar-refractivity contribution in [1.29, 1.82) is 0 Å². The molecule has 1 aliphatic carbocycles. The number of thioether (sulfide) groups is 1. The van der Waals surface area contributed by atoms with E-state index in [-0.39, 0.29) is 35.3 Å². The Bertz CT molecular complexity index is 1760. The number of piperazine rings is 1. The zero-order valence-electron chi connectivity index (χ0n) is 28.5. The fourth-order valence-corrected chi connectivity index (χ4v) is 6.41. The summed E-state index contributed by atoms with van der Waals surface area (Å²) in [5.41, 5.74) is 0.866. The van der Waals surface area contributed by atoms with Crippen LogP contribution in [0.4, 0.5) is 10.1 Å². The number of ether oxygens (including phenoxy) is 2. The lowest BCUT2D eigenvalue weighted by Crippen LogP contribution is -2.51. The number of carbonyl (C=O) groups excluding carboxylic acids is 4. The highest BCUT2D eigenvalue weighted by atomic mass is 32.2. The van der Waals surface area contributed by atoms with E-state index in [1.54, 1.807) is 30.3 Å². The van der Waals surface area contributed by atoms with Gasteiger partial charge in [0, 0.05) is 43.8 Å². The van der Waals surface area contributed by atoms with Gasteiger partial charge in [0.2, 0.25) is 17.7 Å². The molecule has 2 unspecified atom stereocenters. The maximum absolute atomic E-state index is 15.3. The summed E-state index contributed by atoms with van der Waals surface area (Å²) in [4.78, 5) is 65.6. The van der Waals surface area contributed by atoms with Gasteiger partial charge in [-0.15, -0.1) is 0 Å². The summed E-state index contributed by atoms with van der Waals surface area (Å²) in [6, 6.07) is 7.68. The van der Waals surface area contributed by atoms with E-state index in [0.29, 0.717) is 54.9 Å². The molecule has 268 valence electrons. The second-order valence-corrected chi connectivity index (χ2v) is 14.0. The van der Waals surface area contributed by atoms with Gasteiger partial charge >= 0.3 is 11.9 Å². The largest absolute Gasteiger partial charge is 0.457 e. The van der Waals surface area contributed by atoms with E-state index in [9.17, 15) is 24.0 Å². The molecule has 1 aromatic heterocycles. The standard InChI is InChI=1S/C36H44FN5O7S/c1-22(2)16-30(40-34(45)29(39-21-43)10-15-50-3)36(47)49-25-8-4-23(5-9-25)20-48-35(46)27-19-42(24-6-7-24)31-18-32(41-13-11-38-12-14-41)28(37)17-26(31)33(27)44/h4-5,8-9,17-19,21-22,24,29-30,38H,6-7,10-16,20H2,1-3H3,(H,39,43)(H,40,45). The minimum Gasteiger partial charge on any atom is -0.457 e. The summed E-state index contributed by atoms with van der Waals surface area (Å²) in [5.74, 6) is -1.50. The van der Waals surface area contributed by atoms with Gasteiger partial charge < -0.3 is 34.9 Å².